The molecule has 3 aromatic heterocycles. The van der Waals surface area contributed by atoms with Crippen molar-refractivity contribution in [2.24, 2.45) is 0 Å². The Morgan fingerprint density at radius 2 is 1.83 bits per heavy atom. The highest BCUT2D eigenvalue weighted by Crippen LogP contribution is 2.38. The number of ether oxygens (including phenoxy) is 1. The van der Waals surface area contributed by atoms with Gasteiger partial charge in [-0.15, -0.1) is 0 Å². The van der Waals surface area contributed by atoms with Gasteiger partial charge in [-0.2, -0.15) is 5.10 Å². The average molecular weight is 706 g/mol. The molecule has 2 saturated heterocycles. The zero-order valence-electron chi connectivity index (χ0n) is 29.6. The van der Waals surface area contributed by atoms with Gasteiger partial charge < -0.3 is 19.9 Å². The van der Waals surface area contributed by atoms with E-state index in [0.717, 1.165) is 55.7 Å². The van der Waals surface area contributed by atoms with Crippen LogP contribution in [0.5, 0.6) is 5.75 Å². The minimum Gasteiger partial charge on any atom is -0.489 e. The second kappa shape index (κ2) is 13.6. The molecule has 6 heterocycles. The molecule has 14 heteroatoms. The van der Waals surface area contributed by atoms with Gasteiger partial charge in [0.1, 0.15) is 17.1 Å². The van der Waals surface area contributed by atoms with Crippen LogP contribution in [0, 0.1) is 0 Å². The Bertz CT molecular complexity index is 2030. The monoisotopic (exact) mass is 705 g/mol. The first-order valence-electron chi connectivity index (χ1n) is 18.1. The predicted octanol–water partition coefficient (Wildman–Crippen LogP) is 3.77. The van der Waals surface area contributed by atoms with E-state index in [1.165, 1.54) is 6.20 Å². The van der Waals surface area contributed by atoms with Crippen molar-refractivity contribution in [3.8, 4) is 5.75 Å². The summed E-state index contributed by atoms with van der Waals surface area (Å²) in [6.45, 7) is 6.09. The maximum absolute atomic E-state index is 13.8. The van der Waals surface area contributed by atoms with Crippen LogP contribution in [0.15, 0.2) is 55.1 Å². The van der Waals surface area contributed by atoms with Crippen LogP contribution in [0.3, 0.4) is 0 Å². The maximum Gasteiger partial charge on any atom is 0.261 e. The average Bonchev–Trinajstić information content (AvgIpc) is 3.69. The summed E-state index contributed by atoms with van der Waals surface area (Å²) in [5.41, 5.74) is 3.67. The number of rotatable bonds is 9. The normalized spacial score (nSPS) is 22.2. The quantitative estimate of drug-likeness (QED) is 0.246. The molecular formula is C38H43N9O5. The van der Waals surface area contributed by atoms with E-state index in [2.05, 4.69) is 42.5 Å². The van der Waals surface area contributed by atoms with Gasteiger partial charge in [0, 0.05) is 68.3 Å². The number of hydrogen-bond acceptors (Lipinski definition) is 10. The van der Waals surface area contributed by atoms with Crippen LogP contribution in [0.25, 0.3) is 5.65 Å². The zero-order valence-corrected chi connectivity index (χ0v) is 29.6. The molecule has 1 atom stereocenters. The van der Waals surface area contributed by atoms with E-state index in [-0.39, 0.29) is 41.7 Å². The number of anilines is 2. The van der Waals surface area contributed by atoms with Crippen molar-refractivity contribution < 1.29 is 23.9 Å². The van der Waals surface area contributed by atoms with Gasteiger partial charge in [0.25, 0.3) is 11.8 Å². The highest BCUT2D eigenvalue weighted by Gasteiger charge is 2.40. The minimum atomic E-state index is -0.348. The van der Waals surface area contributed by atoms with E-state index in [1.54, 1.807) is 35.2 Å². The molecule has 0 spiro atoms. The summed E-state index contributed by atoms with van der Waals surface area (Å²) in [5, 5.41) is 9.66. The lowest BCUT2D eigenvalue weighted by atomic mass is 9.88. The van der Waals surface area contributed by atoms with Gasteiger partial charge in [0.05, 0.1) is 23.9 Å². The molecular weight excluding hydrogens is 662 g/mol. The van der Waals surface area contributed by atoms with Gasteiger partial charge in [0.15, 0.2) is 5.65 Å². The lowest BCUT2D eigenvalue weighted by molar-refractivity contribution is -0.134. The number of piperidine rings is 1. The van der Waals surface area contributed by atoms with Gasteiger partial charge in [-0.3, -0.25) is 29.4 Å². The standard InChI is InChI=1S/C38H43N9O5/c1-22(2)52-32-16-29-24(15-31(32)42-37(50)30-18-41-47-14-4-13-39-35(30)47)19-46(38(29)51)26-8-6-25(7-9-26)44(3)27-20-45(21-27)33-11-5-23(17-40-33)28-10-12-34(48)43-36(28)49/h4-5,11,13-18,22,25-28H,6-10,12,19-21H2,1-3H3,(H,42,50)(H,43,48,49)/t25-,26-,28?. The van der Waals surface area contributed by atoms with E-state index in [1.807, 2.05) is 36.9 Å². The highest BCUT2D eigenvalue weighted by atomic mass is 16.5. The van der Waals surface area contributed by atoms with Crippen molar-refractivity contribution in [1.82, 2.24) is 34.7 Å². The molecule has 8 rings (SSSR count). The fourth-order valence-electron chi connectivity index (χ4n) is 8.06. The third-order valence-electron chi connectivity index (χ3n) is 11.0. The number of fused-ring (bicyclic) bond motifs is 2. The summed E-state index contributed by atoms with van der Waals surface area (Å²) < 4.78 is 7.65. The van der Waals surface area contributed by atoms with Crippen LogP contribution >= 0.6 is 0 Å². The molecule has 1 unspecified atom stereocenters. The topological polar surface area (TPSA) is 154 Å². The molecule has 0 radical (unpaired) electrons. The Balaban J connectivity index is 0.867. The third-order valence-corrected chi connectivity index (χ3v) is 11.0. The van der Waals surface area contributed by atoms with Gasteiger partial charge in [-0.25, -0.2) is 14.5 Å². The number of pyridine rings is 1. The van der Waals surface area contributed by atoms with E-state index in [0.29, 0.717) is 59.7 Å². The first kappa shape index (κ1) is 33.8. The number of hydrogen-bond donors (Lipinski definition) is 2. The summed E-state index contributed by atoms with van der Waals surface area (Å²) in [4.78, 5) is 66.6. The Hall–Kier alpha value is -5.37. The van der Waals surface area contributed by atoms with Crippen LogP contribution in [0.1, 0.15) is 90.1 Å². The Morgan fingerprint density at radius 3 is 2.56 bits per heavy atom. The predicted molar refractivity (Wildman–Crippen MR) is 192 cm³/mol. The molecule has 3 aliphatic heterocycles. The van der Waals surface area contributed by atoms with Crippen LogP contribution in [0.4, 0.5) is 11.5 Å². The maximum atomic E-state index is 13.8. The van der Waals surface area contributed by atoms with Crippen molar-refractivity contribution in [3.05, 3.63) is 77.4 Å². The van der Waals surface area contributed by atoms with Crippen molar-refractivity contribution in [3.63, 3.8) is 0 Å². The minimum absolute atomic E-state index is 0.0101. The number of nitrogens with one attached hydrogen (secondary N) is 2. The first-order valence-corrected chi connectivity index (χ1v) is 18.1. The SMILES string of the molecule is CC(C)Oc1cc2c(cc1NC(=O)c1cnn3cccnc13)CN([C@H]1CC[C@H](N(C)C3CN(c4ccc(C5CCC(=O)NC5=O)cn4)C3)CC1)C2=O. The molecule has 4 aromatic rings. The van der Waals surface area contributed by atoms with Crippen LogP contribution in [-0.2, 0) is 16.1 Å². The van der Waals surface area contributed by atoms with Crippen LogP contribution < -0.4 is 20.3 Å². The summed E-state index contributed by atoms with van der Waals surface area (Å²) in [6, 6.07) is 10.3. The van der Waals surface area contributed by atoms with Crippen LogP contribution in [0.2, 0.25) is 0 Å². The van der Waals surface area contributed by atoms with Gasteiger partial charge in [-0.1, -0.05) is 6.07 Å². The fourth-order valence-corrected chi connectivity index (χ4v) is 8.06. The fraction of sp³-hybridized carbons (Fsp3) is 0.447. The smallest absolute Gasteiger partial charge is 0.261 e. The lowest BCUT2D eigenvalue weighted by Crippen LogP contribution is -2.61. The van der Waals surface area contributed by atoms with Crippen molar-refractivity contribution in [2.75, 3.05) is 30.4 Å². The lowest BCUT2D eigenvalue weighted by Gasteiger charge is -2.49. The molecule has 3 fully saturated rings. The number of carbonyl (C=O) groups excluding carboxylic acids is 4. The second-order valence-electron chi connectivity index (χ2n) is 14.6. The molecule has 1 aliphatic carbocycles. The number of carbonyl (C=O) groups is 4. The molecule has 1 aromatic carbocycles. The molecule has 4 amide bonds. The van der Waals surface area contributed by atoms with E-state index >= 15 is 0 Å². The summed E-state index contributed by atoms with van der Waals surface area (Å²) in [6.07, 6.45) is 11.2. The number of nitrogens with zero attached hydrogens (tertiary/aromatic N) is 7. The van der Waals surface area contributed by atoms with Gasteiger partial charge in [-0.05, 0) is 88.4 Å². The Labute approximate surface area is 301 Å². The van der Waals surface area contributed by atoms with Crippen LogP contribution in [-0.4, -0.2) is 97.4 Å². The number of aromatic nitrogens is 4. The first-order chi connectivity index (χ1) is 25.1. The van der Waals surface area contributed by atoms with Crippen molar-refractivity contribution >= 4 is 40.8 Å². The number of amides is 4. The molecule has 52 heavy (non-hydrogen) atoms. The Morgan fingerprint density at radius 1 is 1.02 bits per heavy atom. The van der Waals surface area contributed by atoms with Crippen molar-refractivity contribution in [1.29, 1.82) is 0 Å². The van der Waals surface area contributed by atoms with E-state index in [9.17, 15) is 19.2 Å². The molecule has 270 valence electrons. The molecule has 0 bridgehead atoms. The summed E-state index contributed by atoms with van der Waals surface area (Å²) >= 11 is 0. The molecule has 4 aliphatic rings. The number of likely N-dealkylation sites (N-methyl/N-ethyl adjacent to an activating group) is 1. The van der Waals surface area contributed by atoms with Gasteiger partial charge >= 0.3 is 0 Å². The van der Waals surface area contributed by atoms with E-state index < -0.39 is 0 Å². The molecule has 2 N–H and O–H groups in total. The van der Waals surface area contributed by atoms with Gasteiger partial charge in [0.2, 0.25) is 11.8 Å². The van der Waals surface area contributed by atoms with E-state index in [4.69, 9.17) is 4.74 Å². The summed E-state index contributed by atoms with van der Waals surface area (Å²) in [5.74, 6) is 0.229. The highest BCUT2D eigenvalue weighted by molar-refractivity contribution is 6.09. The zero-order chi connectivity index (χ0) is 36.1. The van der Waals surface area contributed by atoms with Crippen molar-refractivity contribution in [2.45, 2.75) is 89.1 Å². The second-order valence-corrected chi connectivity index (χ2v) is 14.6. The number of benzene rings is 1. The third kappa shape index (κ3) is 6.35. The Kier molecular flexibility index (Phi) is 8.85. The molecule has 14 nitrogen and oxygen atoms in total. The number of imide groups is 1. The largest absolute Gasteiger partial charge is 0.489 e. The molecule has 1 saturated carbocycles. The summed E-state index contributed by atoms with van der Waals surface area (Å²) in [7, 11) is 2.21.